The van der Waals surface area contributed by atoms with E-state index in [-0.39, 0.29) is 35.7 Å². The van der Waals surface area contributed by atoms with Crippen molar-refractivity contribution in [2.75, 3.05) is 13.1 Å². The van der Waals surface area contributed by atoms with Crippen LogP contribution in [0.3, 0.4) is 0 Å². The molecule has 0 aromatic heterocycles. The topological polar surface area (TPSA) is 89.9 Å². The quantitative estimate of drug-likeness (QED) is 0.681. The molecule has 3 N–H and O–H groups in total. The number of amides is 2. The molecule has 1 fully saturated rings. The summed E-state index contributed by atoms with van der Waals surface area (Å²) in [7, 11) is 0. The molecule has 0 saturated carbocycles. The van der Waals surface area contributed by atoms with E-state index >= 15 is 0 Å². The number of benzene rings is 2. The van der Waals surface area contributed by atoms with E-state index in [2.05, 4.69) is 5.32 Å². The van der Waals surface area contributed by atoms with Crippen LogP contribution in [0.2, 0.25) is 0 Å². The van der Waals surface area contributed by atoms with E-state index in [0.717, 1.165) is 11.1 Å². The van der Waals surface area contributed by atoms with E-state index in [1.807, 2.05) is 31.2 Å². The number of hydrogen-bond donors (Lipinski definition) is 3. The van der Waals surface area contributed by atoms with Gasteiger partial charge in [0.25, 0.3) is 0 Å². The molecule has 1 saturated heterocycles. The summed E-state index contributed by atoms with van der Waals surface area (Å²) in [5.41, 5.74) is 3.04. The molecule has 3 rings (SSSR count). The fourth-order valence-corrected chi connectivity index (χ4v) is 3.21. The first-order chi connectivity index (χ1) is 12.9. The van der Waals surface area contributed by atoms with Crippen LogP contribution in [0.1, 0.15) is 23.1 Å². The molecule has 0 spiro atoms. The summed E-state index contributed by atoms with van der Waals surface area (Å²) in [5, 5.41) is 21.7. The van der Waals surface area contributed by atoms with Crippen LogP contribution in [-0.2, 0) is 22.6 Å². The number of phenols is 2. The van der Waals surface area contributed by atoms with Gasteiger partial charge in [-0.25, -0.2) is 0 Å². The highest BCUT2D eigenvalue weighted by Crippen LogP contribution is 2.25. The number of hydrogen-bond acceptors (Lipinski definition) is 4. The third kappa shape index (κ3) is 4.78. The first-order valence-electron chi connectivity index (χ1n) is 9.04. The van der Waals surface area contributed by atoms with Crippen LogP contribution in [0.15, 0.2) is 42.5 Å². The van der Waals surface area contributed by atoms with E-state index in [1.54, 1.807) is 11.0 Å². The Labute approximate surface area is 158 Å². The fourth-order valence-electron chi connectivity index (χ4n) is 3.21. The number of nitrogens with zero attached hydrogens (tertiary/aromatic N) is 1. The number of aromatic hydroxyl groups is 2. The van der Waals surface area contributed by atoms with Crippen molar-refractivity contribution in [2.45, 2.75) is 26.3 Å². The number of phenolic OH excluding ortho intramolecular Hbond substituents is 2. The van der Waals surface area contributed by atoms with Gasteiger partial charge < -0.3 is 20.4 Å². The average Bonchev–Trinajstić information content (AvgIpc) is 3.01. The second-order valence-corrected chi connectivity index (χ2v) is 7.03. The van der Waals surface area contributed by atoms with Crippen LogP contribution in [0.25, 0.3) is 0 Å². The third-order valence-electron chi connectivity index (χ3n) is 4.83. The minimum atomic E-state index is -0.337. The maximum absolute atomic E-state index is 12.4. The number of likely N-dealkylation sites (tertiary alicyclic amines) is 1. The van der Waals surface area contributed by atoms with E-state index in [0.29, 0.717) is 26.1 Å². The van der Waals surface area contributed by atoms with Gasteiger partial charge in [-0.3, -0.25) is 9.59 Å². The lowest BCUT2D eigenvalue weighted by atomic mass is 10.1. The lowest BCUT2D eigenvalue weighted by molar-refractivity contribution is -0.129. The van der Waals surface area contributed by atoms with Crippen LogP contribution in [0.5, 0.6) is 11.5 Å². The zero-order valence-corrected chi connectivity index (χ0v) is 15.3. The Morgan fingerprint density at radius 2 is 1.81 bits per heavy atom. The second-order valence-electron chi connectivity index (χ2n) is 7.03. The van der Waals surface area contributed by atoms with Gasteiger partial charge in [0.2, 0.25) is 11.8 Å². The van der Waals surface area contributed by atoms with Crippen LogP contribution in [0, 0.1) is 12.8 Å². The summed E-state index contributed by atoms with van der Waals surface area (Å²) in [5.74, 6) is -0.805. The minimum Gasteiger partial charge on any atom is -0.504 e. The summed E-state index contributed by atoms with van der Waals surface area (Å²) in [6, 6.07) is 12.6. The van der Waals surface area contributed by atoms with Crippen LogP contribution in [0.4, 0.5) is 0 Å². The SMILES string of the molecule is Cc1ccc(CN2CC(C(=O)NCCc3ccc(O)c(O)c3)CC2=O)cc1. The molecule has 6 heteroatoms. The lowest BCUT2D eigenvalue weighted by Crippen LogP contribution is -2.34. The van der Waals surface area contributed by atoms with Gasteiger partial charge in [0.1, 0.15) is 0 Å². The number of rotatable bonds is 6. The Kier molecular flexibility index (Phi) is 5.64. The Morgan fingerprint density at radius 3 is 2.52 bits per heavy atom. The largest absolute Gasteiger partial charge is 0.504 e. The fraction of sp³-hybridized carbons (Fsp3) is 0.333. The molecule has 27 heavy (non-hydrogen) atoms. The molecule has 6 nitrogen and oxygen atoms in total. The van der Waals surface area contributed by atoms with Gasteiger partial charge in [-0.05, 0) is 36.6 Å². The van der Waals surface area contributed by atoms with E-state index in [9.17, 15) is 19.8 Å². The summed E-state index contributed by atoms with van der Waals surface area (Å²) in [4.78, 5) is 26.3. The van der Waals surface area contributed by atoms with Crippen molar-refractivity contribution in [3.8, 4) is 11.5 Å². The zero-order chi connectivity index (χ0) is 19.4. The highest BCUT2D eigenvalue weighted by molar-refractivity contribution is 5.89. The van der Waals surface area contributed by atoms with Crippen molar-refractivity contribution in [2.24, 2.45) is 5.92 Å². The summed E-state index contributed by atoms with van der Waals surface area (Å²) in [6.07, 6.45) is 0.769. The third-order valence-corrected chi connectivity index (χ3v) is 4.83. The van der Waals surface area contributed by atoms with Crippen LogP contribution < -0.4 is 5.32 Å². The average molecular weight is 368 g/mol. The van der Waals surface area contributed by atoms with Gasteiger partial charge in [-0.2, -0.15) is 0 Å². The van der Waals surface area contributed by atoms with Crippen LogP contribution in [-0.4, -0.2) is 40.0 Å². The van der Waals surface area contributed by atoms with E-state index in [1.165, 1.54) is 17.7 Å². The molecule has 2 aromatic rings. The number of nitrogens with one attached hydrogen (secondary N) is 1. The first kappa shape index (κ1) is 18.8. The Hall–Kier alpha value is -3.02. The van der Waals surface area contributed by atoms with E-state index < -0.39 is 0 Å². The van der Waals surface area contributed by atoms with Crippen molar-refractivity contribution >= 4 is 11.8 Å². The normalized spacial score (nSPS) is 16.6. The molecule has 0 aliphatic carbocycles. The second kappa shape index (κ2) is 8.12. The molecule has 1 unspecified atom stereocenters. The molecule has 1 aliphatic rings. The highest BCUT2D eigenvalue weighted by atomic mass is 16.3. The van der Waals surface area contributed by atoms with Crippen molar-refractivity contribution < 1.29 is 19.8 Å². The maximum Gasteiger partial charge on any atom is 0.225 e. The Morgan fingerprint density at radius 1 is 1.11 bits per heavy atom. The minimum absolute atomic E-state index is 0.000758. The number of aryl methyl sites for hydroxylation is 1. The molecule has 1 heterocycles. The summed E-state index contributed by atoms with van der Waals surface area (Å²) < 4.78 is 0. The maximum atomic E-state index is 12.4. The van der Waals surface area contributed by atoms with Crippen molar-refractivity contribution in [1.82, 2.24) is 10.2 Å². The van der Waals surface area contributed by atoms with Crippen molar-refractivity contribution in [1.29, 1.82) is 0 Å². The van der Waals surface area contributed by atoms with Crippen molar-refractivity contribution in [3.05, 3.63) is 59.2 Å². The predicted octanol–water partition coefficient (Wildman–Crippen LogP) is 2.11. The highest BCUT2D eigenvalue weighted by Gasteiger charge is 2.33. The summed E-state index contributed by atoms with van der Waals surface area (Å²) in [6.45, 7) is 3.38. The molecular formula is C21H24N2O4. The molecule has 1 atom stereocenters. The monoisotopic (exact) mass is 368 g/mol. The lowest BCUT2D eigenvalue weighted by Gasteiger charge is -2.17. The van der Waals surface area contributed by atoms with E-state index in [4.69, 9.17) is 0 Å². The molecule has 2 amide bonds. The number of carbonyl (C=O) groups is 2. The van der Waals surface area contributed by atoms with Gasteiger partial charge in [0.15, 0.2) is 11.5 Å². The smallest absolute Gasteiger partial charge is 0.225 e. The molecule has 0 bridgehead atoms. The summed E-state index contributed by atoms with van der Waals surface area (Å²) >= 11 is 0. The van der Waals surface area contributed by atoms with Gasteiger partial charge in [-0.15, -0.1) is 0 Å². The van der Waals surface area contributed by atoms with Gasteiger partial charge in [-0.1, -0.05) is 35.9 Å². The zero-order valence-electron chi connectivity index (χ0n) is 15.3. The van der Waals surface area contributed by atoms with Crippen molar-refractivity contribution in [3.63, 3.8) is 0 Å². The molecule has 2 aromatic carbocycles. The molecular weight excluding hydrogens is 344 g/mol. The standard InChI is InChI=1S/C21H24N2O4/c1-14-2-4-16(5-3-14)12-23-13-17(11-20(23)26)21(27)22-9-8-15-6-7-18(24)19(25)10-15/h2-7,10,17,24-25H,8-9,11-13H2,1H3,(H,22,27). The Balaban J connectivity index is 1.48. The van der Waals surface area contributed by atoms with Gasteiger partial charge in [0, 0.05) is 26.1 Å². The predicted molar refractivity (Wildman–Crippen MR) is 101 cm³/mol. The first-order valence-corrected chi connectivity index (χ1v) is 9.04. The molecule has 0 radical (unpaired) electrons. The van der Waals surface area contributed by atoms with Crippen LogP contribution >= 0.6 is 0 Å². The van der Waals surface area contributed by atoms with Gasteiger partial charge in [0.05, 0.1) is 5.92 Å². The molecule has 142 valence electrons. The Bertz CT molecular complexity index is 833. The van der Waals surface area contributed by atoms with Gasteiger partial charge >= 0.3 is 0 Å². The number of carbonyl (C=O) groups excluding carboxylic acids is 2. The molecule has 1 aliphatic heterocycles.